The summed E-state index contributed by atoms with van der Waals surface area (Å²) < 4.78 is 2.08. The van der Waals surface area contributed by atoms with Crippen molar-refractivity contribution in [1.29, 1.82) is 0 Å². The van der Waals surface area contributed by atoms with Gasteiger partial charge in [-0.1, -0.05) is 47.8 Å². The minimum atomic E-state index is -0.512. The molecule has 0 aliphatic heterocycles. The van der Waals surface area contributed by atoms with Crippen molar-refractivity contribution in [2.24, 2.45) is 0 Å². The molecule has 21 heavy (non-hydrogen) atoms. The topological polar surface area (TPSA) is 54.9 Å². The van der Waals surface area contributed by atoms with Gasteiger partial charge in [0.2, 0.25) is 0 Å². The quantitative estimate of drug-likeness (QED) is 0.837. The van der Waals surface area contributed by atoms with Gasteiger partial charge in [0.1, 0.15) is 5.15 Å². The molecule has 1 aromatic heterocycles. The molecule has 0 spiro atoms. The summed E-state index contributed by atoms with van der Waals surface area (Å²) in [5.41, 5.74) is 1.11. The highest BCUT2D eigenvalue weighted by Gasteiger charge is 2.15. The Bertz CT molecular complexity index is 780. The van der Waals surface area contributed by atoms with Gasteiger partial charge >= 0.3 is 5.69 Å². The third kappa shape index (κ3) is 3.14. The lowest BCUT2D eigenvalue weighted by Crippen LogP contribution is -2.36. The average molecular weight is 372 g/mol. The van der Waals surface area contributed by atoms with E-state index >= 15 is 0 Å². The van der Waals surface area contributed by atoms with Gasteiger partial charge in [-0.05, 0) is 36.6 Å². The summed E-state index contributed by atoms with van der Waals surface area (Å²) >= 11 is 9.40. The Kier molecular flexibility index (Phi) is 5.06. The predicted octanol–water partition coefficient (Wildman–Crippen LogP) is 3.46. The van der Waals surface area contributed by atoms with Crippen molar-refractivity contribution >= 4 is 27.5 Å². The van der Waals surface area contributed by atoms with Gasteiger partial charge in [-0.25, -0.2) is 9.36 Å². The van der Waals surface area contributed by atoms with Gasteiger partial charge in [-0.15, -0.1) is 0 Å². The first-order valence-corrected chi connectivity index (χ1v) is 7.99. The maximum Gasteiger partial charge on any atom is 0.334 e. The summed E-state index contributed by atoms with van der Waals surface area (Å²) in [5.74, 6) is 0. The fraction of sp³-hybridized carbons (Fsp3) is 0.333. The Morgan fingerprint density at radius 2 is 2.00 bits per heavy atom. The fourth-order valence-electron chi connectivity index (χ4n) is 2.29. The van der Waals surface area contributed by atoms with Crippen LogP contribution in [0.3, 0.4) is 0 Å². The summed E-state index contributed by atoms with van der Waals surface area (Å²) in [6.45, 7) is 3.94. The number of H-pyrrole nitrogens is 1. The second-order valence-electron chi connectivity index (χ2n) is 4.74. The summed E-state index contributed by atoms with van der Waals surface area (Å²) in [6, 6.07) is 5.49. The first-order chi connectivity index (χ1) is 9.99. The SMILES string of the molecule is CCCc1c(Cl)[nH]c(=O)n(-c2ccc(Br)cc2CC)c1=O. The van der Waals surface area contributed by atoms with Crippen LogP contribution < -0.4 is 11.2 Å². The van der Waals surface area contributed by atoms with Crippen molar-refractivity contribution in [2.75, 3.05) is 0 Å². The molecule has 4 nitrogen and oxygen atoms in total. The molecule has 1 N–H and O–H groups in total. The second-order valence-corrected chi connectivity index (χ2v) is 6.03. The van der Waals surface area contributed by atoms with Crippen molar-refractivity contribution in [3.8, 4) is 5.69 Å². The van der Waals surface area contributed by atoms with E-state index in [9.17, 15) is 9.59 Å². The van der Waals surface area contributed by atoms with Crippen LogP contribution in [0.2, 0.25) is 5.15 Å². The molecule has 0 atom stereocenters. The molecule has 0 fully saturated rings. The van der Waals surface area contributed by atoms with E-state index in [1.54, 1.807) is 6.07 Å². The standard InChI is InChI=1S/C15H16BrClN2O2/c1-3-5-11-13(17)18-15(21)19(14(11)20)12-7-6-10(16)8-9(12)4-2/h6-8H,3-5H2,1-2H3,(H,18,21). The predicted molar refractivity (Wildman–Crippen MR) is 88.7 cm³/mol. The number of hydrogen-bond donors (Lipinski definition) is 1. The number of hydrogen-bond acceptors (Lipinski definition) is 2. The molecule has 0 aliphatic rings. The third-order valence-electron chi connectivity index (χ3n) is 3.31. The van der Waals surface area contributed by atoms with Gasteiger partial charge in [-0.3, -0.25) is 9.78 Å². The molecular weight excluding hydrogens is 356 g/mol. The van der Waals surface area contributed by atoms with E-state index in [2.05, 4.69) is 20.9 Å². The lowest BCUT2D eigenvalue weighted by atomic mass is 10.1. The van der Waals surface area contributed by atoms with E-state index in [1.165, 1.54) is 4.57 Å². The second kappa shape index (κ2) is 6.62. The zero-order valence-corrected chi connectivity index (χ0v) is 14.2. The molecule has 0 unspecified atom stereocenters. The van der Waals surface area contributed by atoms with E-state index in [0.717, 1.165) is 16.5 Å². The highest BCUT2D eigenvalue weighted by Crippen LogP contribution is 2.19. The van der Waals surface area contributed by atoms with Crippen LogP contribution in [0.15, 0.2) is 32.3 Å². The molecule has 0 bridgehead atoms. The minimum absolute atomic E-state index is 0.137. The first kappa shape index (κ1) is 16.0. The smallest absolute Gasteiger partial charge is 0.297 e. The zero-order valence-electron chi connectivity index (χ0n) is 11.9. The number of aromatic nitrogens is 2. The van der Waals surface area contributed by atoms with Crippen LogP contribution in [0.25, 0.3) is 5.69 Å². The highest BCUT2D eigenvalue weighted by molar-refractivity contribution is 9.10. The highest BCUT2D eigenvalue weighted by atomic mass is 79.9. The van der Waals surface area contributed by atoms with E-state index in [-0.39, 0.29) is 10.7 Å². The number of nitrogens with one attached hydrogen (secondary N) is 1. The van der Waals surface area contributed by atoms with Crippen molar-refractivity contribution in [3.05, 3.63) is 59.8 Å². The summed E-state index contributed by atoms with van der Waals surface area (Å²) in [6.07, 6.45) is 2.03. The van der Waals surface area contributed by atoms with Gasteiger partial charge in [0.05, 0.1) is 11.3 Å². The van der Waals surface area contributed by atoms with E-state index in [1.807, 2.05) is 26.0 Å². The van der Waals surface area contributed by atoms with Gasteiger partial charge in [-0.2, -0.15) is 0 Å². The molecule has 0 saturated carbocycles. The number of benzene rings is 1. The van der Waals surface area contributed by atoms with Gasteiger partial charge in [0, 0.05) is 4.47 Å². The lowest BCUT2D eigenvalue weighted by Gasteiger charge is -2.12. The van der Waals surface area contributed by atoms with Gasteiger partial charge < -0.3 is 0 Å². The Hall–Kier alpha value is -1.33. The average Bonchev–Trinajstić information content (AvgIpc) is 2.44. The Morgan fingerprint density at radius 3 is 2.62 bits per heavy atom. The summed E-state index contributed by atoms with van der Waals surface area (Å²) in [4.78, 5) is 27.3. The normalized spacial score (nSPS) is 10.9. The number of aryl methyl sites for hydroxylation is 1. The molecule has 0 radical (unpaired) electrons. The van der Waals surface area contributed by atoms with Gasteiger partial charge in [0.15, 0.2) is 0 Å². The minimum Gasteiger partial charge on any atom is -0.297 e. The Balaban J connectivity index is 2.78. The number of rotatable bonds is 4. The van der Waals surface area contributed by atoms with E-state index in [4.69, 9.17) is 11.6 Å². The first-order valence-electron chi connectivity index (χ1n) is 6.82. The van der Waals surface area contributed by atoms with Crippen LogP contribution in [-0.4, -0.2) is 9.55 Å². The number of halogens is 2. The molecule has 0 saturated heterocycles. The van der Waals surface area contributed by atoms with Crippen molar-refractivity contribution in [3.63, 3.8) is 0 Å². The van der Waals surface area contributed by atoms with E-state index in [0.29, 0.717) is 24.1 Å². The van der Waals surface area contributed by atoms with Crippen molar-refractivity contribution in [2.45, 2.75) is 33.1 Å². The molecule has 1 heterocycles. The van der Waals surface area contributed by atoms with Crippen molar-refractivity contribution < 1.29 is 0 Å². The summed E-state index contributed by atoms with van der Waals surface area (Å²) in [7, 11) is 0. The lowest BCUT2D eigenvalue weighted by molar-refractivity contribution is 0.804. The maximum absolute atomic E-state index is 12.6. The number of aromatic amines is 1. The molecule has 2 rings (SSSR count). The molecule has 0 aliphatic carbocycles. The largest absolute Gasteiger partial charge is 0.334 e. The van der Waals surface area contributed by atoms with Crippen LogP contribution in [-0.2, 0) is 12.8 Å². The molecule has 2 aromatic rings. The van der Waals surface area contributed by atoms with E-state index < -0.39 is 5.69 Å². The maximum atomic E-state index is 12.6. The Morgan fingerprint density at radius 1 is 1.29 bits per heavy atom. The molecule has 0 amide bonds. The Labute approximate surface area is 135 Å². The fourth-order valence-corrected chi connectivity index (χ4v) is 2.95. The van der Waals surface area contributed by atoms with Crippen molar-refractivity contribution in [1.82, 2.24) is 9.55 Å². The zero-order chi connectivity index (χ0) is 15.6. The van der Waals surface area contributed by atoms with Crippen LogP contribution >= 0.6 is 27.5 Å². The number of nitrogens with zero attached hydrogens (tertiary/aromatic N) is 1. The molecule has 1 aromatic carbocycles. The molecule has 112 valence electrons. The van der Waals surface area contributed by atoms with Crippen LogP contribution in [0.1, 0.15) is 31.4 Å². The monoisotopic (exact) mass is 370 g/mol. The molecular formula is C15H16BrClN2O2. The summed E-state index contributed by atoms with van der Waals surface area (Å²) in [5, 5.41) is 0.137. The third-order valence-corrected chi connectivity index (χ3v) is 4.13. The molecule has 6 heteroatoms. The van der Waals surface area contributed by atoms with Crippen LogP contribution in [0.4, 0.5) is 0 Å². The van der Waals surface area contributed by atoms with Gasteiger partial charge in [0.25, 0.3) is 5.56 Å². The van der Waals surface area contributed by atoms with Crippen LogP contribution in [0.5, 0.6) is 0 Å². The van der Waals surface area contributed by atoms with Crippen LogP contribution in [0, 0.1) is 0 Å².